The normalized spacial score (nSPS) is 31.2. The van der Waals surface area contributed by atoms with E-state index in [1.807, 2.05) is 11.8 Å². The Labute approximate surface area is 146 Å². The summed E-state index contributed by atoms with van der Waals surface area (Å²) in [5.41, 5.74) is 1.15. The molecule has 0 unspecified atom stereocenters. The lowest BCUT2D eigenvalue weighted by atomic mass is 9.91. The van der Waals surface area contributed by atoms with E-state index in [9.17, 15) is 4.79 Å². The van der Waals surface area contributed by atoms with Gasteiger partial charge in [-0.3, -0.25) is 9.69 Å². The van der Waals surface area contributed by atoms with Crippen LogP contribution in [0, 0.1) is 12.8 Å². The number of aryl methyl sites for hydroxylation is 1. The van der Waals surface area contributed by atoms with Gasteiger partial charge in [-0.2, -0.15) is 0 Å². The largest absolute Gasteiger partial charge is 0.378 e. The third kappa shape index (κ3) is 3.49. The molecule has 132 valence electrons. The molecule has 3 aliphatic rings. The number of hydrogen-bond donors (Lipinski definition) is 0. The van der Waals surface area contributed by atoms with Crippen molar-refractivity contribution in [1.29, 1.82) is 0 Å². The van der Waals surface area contributed by atoms with Gasteiger partial charge in [0.15, 0.2) is 0 Å². The van der Waals surface area contributed by atoms with Crippen molar-refractivity contribution in [2.75, 3.05) is 39.4 Å². The maximum absolute atomic E-state index is 12.6. The molecule has 4 rings (SSSR count). The SMILES string of the molecule is Cc1nc(CN2CC[C@H]3C[C@@H](C(=O)N4CCOCC4)O[C@@H]3C2)cs1. The van der Waals surface area contributed by atoms with E-state index in [4.69, 9.17) is 9.47 Å². The summed E-state index contributed by atoms with van der Waals surface area (Å²) in [6, 6.07) is 0. The van der Waals surface area contributed by atoms with Gasteiger partial charge in [-0.1, -0.05) is 0 Å². The Morgan fingerprint density at radius 3 is 2.96 bits per heavy atom. The van der Waals surface area contributed by atoms with Crippen LogP contribution < -0.4 is 0 Å². The Bertz CT molecular complexity index is 587. The van der Waals surface area contributed by atoms with E-state index in [0.29, 0.717) is 32.2 Å². The molecule has 0 aromatic carbocycles. The van der Waals surface area contributed by atoms with Crippen molar-refractivity contribution in [1.82, 2.24) is 14.8 Å². The number of likely N-dealkylation sites (tertiary alicyclic amines) is 1. The van der Waals surface area contributed by atoms with Gasteiger partial charge >= 0.3 is 0 Å². The minimum atomic E-state index is -0.250. The molecular formula is C17H25N3O3S. The number of hydrogen-bond acceptors (Lipinski definition) is 6. The Hall–Kier alpha value is -1.02. The Morgan fingerprint density at radius 2 is 2.21 bits per heavy atom. The Balaban J connectivity index is 1.32. The van der Waals surface area contributed by atoms with E-state index in [1.54, 1.807) is 11.3 Å². The van der Waals surface area contributed by atoms with Crippen LogP contribution >= 0.6 is 11.3 Å². The zero-order valence-corrected chi connectivity index (χ0v) is 15.0. The summed E-state index contributed by atoms with van der Waals surface area (Å²) in [5.74, 6) is 0.683. The van der Waals surface area contributed by atoms with Gasteiger partial charge in [0, 0.05) is 31.6 Å². The first-order chi connectivity index (χ1) is 11.7. The standard InChI is InChI=1S/C17H25N3O3S/c1-12-18-14(11-24-12)9-19-3-2-13-8-15(23-16(13)10-19)17(21)20-4-6-22-7-5-20/h11,13,15-16H,2-10H2,1H3/t13-,15-,16+/m0/s1. The van der Waals surface area contributed by atoms with Gasteiger partial charge in [0.1, 0.15) is 6.10 Å². The van der Waals surface area contributed by atoms with Crippen molar-refractivity contribution in [3.05, 3.63) is 16.1 Å². The quantitative estimate of drug-likeness (QED) is 0.821. The Morgan fingerprint density at radius 1 is 1.38 bits per heavy atom. The zero-order chi connectivity index (χ0) is 16.5. The molecule has 1 aromatic heterocycles. The average molecular weight is 351 g/mol. The highest BCUT2D eigenvalue weighted by molar-refractivity contribution is 7.09. The van der Waals surface area contributed by atoms with Gasteiger partial charge in [-0.05, 0) is 32.2 Å². The first-order valence-corrected chi connectivity index (χ1v) is 9.72. The van der Waals surface area contributed by atoms with Crippen LogP contribution in [0.1, 0.15) is 23.5 Å². The first-order valence-electron chi connectivity index (χ1n) is 8.84. The van der Waals surface area contributed by atoms with Crippen LogP contribution in [0.5, 0.6) is 0 Å². The summed E-state index contributed by atoms with van der Waals surface area (Å²) >= 11 is 1.70. The van der Waals surface area contributed by atoms with Crippen LogP contribution in [-0.4, -0.2) is 72.3 Å². The number of nitrogens with zero attached hydrogens (tertiary/aromatic N) is 3. The van der Waals surface area contributed by atoms with E-state index >= 15 is 0 Å². The lowest BCUT2D eigenvalue weighted by Crippen LogP contribution is -2.46. The topological polar surface area (TPSA) is 54.9 Å². The number of carbonyl (C=O) groups excluding carboxylic acids is 1. The van der Waals surface area contributed by atoms with E-state index in [2.05, 4.69) is 15.3 Å². The molecule has 0 spiro atoms. The predicted molar refractivity (Wildman–Crippen MR) is 90.9 cm³/mol. The van der Waals surface area contributed by atoms with Gasteiger partial charge in [-0.25, -0.2) is 4.98 Å². The fraction of sp³-hybridized carbons (Fsp3) is 0.765. The van der Waals surface area contributed by atoms with E-state index in [1.165, 1.54) is 0 Å². The molecule has 24 heavy (non-hydrogen) atoms. The van der Waals surface area contributed by atoms with Gasteiger partial charge in [-0.15, -0.1) is 11.3 Å². The zero-order valence-electron chi connectivity index (χ0n) is 14.1. The monoisotopic (exact) mass is 351 g/mol. The van der Waals surface area contributed by atoms with Crippen LogP contribution in [-0.2, 0) is 20.8 Å². The molecular weight excluding hydrogens is 326 g/mol. The highest BCUT2D eigenvalue weighted by Crippen LogP contribution is 2.34. The summed E-state index contributed by atoms with van der Waals surface area (Å²) in [5, 5.41) is 3.26. The number of aromatic nitrogens is 1. The van der Waals surface area contributed by atoms with Crippen molar-refractivity contribution in [2.45, 2.75) is 38.5 Å². The molecule has 4 heterocycles. The predicted octanol–water partition coefficient (Wildman–Crippen LogP) is 1.29. The number of thiazole rings is 1. The molecule has 1 amide bonds. The number of fused-ring (bicyclic) bond motifs is 1. The summed E-state index contributed by atoms with van der Waals surface area (Å²) in [6.45, 7) is 7.60. The maximum atomic E-state index is 12.6. The fourth-order valence-electron chi connectivity index (χ4n) is 3.99. The second kappa shape index (κ2) is 7.07. The molecule has 0 N–H and O–H groups in total. The number of carbonyl (C=O) groups is 1. The number of rotatable bonds is 3. The molecule has 1 aromatic rings. The minimum absolute atomic E-state index is 0.161. The Kier molecular flexibility index (Phi) is 4.85. The highest BCUT2D eigenvalue weighted by Gasteiger charge is 2.43. The number of piperidine rings is 1. The number of amides is 1. The molecule has 0 radical (unpaired) electrons. The third-order valence-corrected chi connectivity index (χ3v) is 6.11. The summed E-state index contributed by atoms with van der Waals surface area (Å²) < 4.78 is 11.5. The van der Waals surface area contributed by atoms with Gasteiger partial charge < -0.3 is 14.4 Å². The van der Waals surface area contributed by atoms with Crippen LogP contribution in [0.2, 0.25) is 0 Å². The minimum Gasteiger partial charge on any atom is -0.378 e. The lowest BCUT2D eigenvalue weighted by Gasteiger charge is -2.33. The van der Waals surface area contributed by atoms with Crippen molar-refractivity contribution < 1.29 is 14.3 Å². The molecule has 0 saturated carbocycles. The molecule has 0 aliphatic carbocycles. The van der Waals surface area contributed by atoms with Crippen LogP contribution in [0.4, 0.5) is 0 Å². The summed E-state index contributed by atoms with van der Waals surface area (Å²) in [4.78, 5) is 21.5. The van der Waals surface area contributed by atoms with E-state index in [0.717, 1.165) is 43.2 Å². The van der Waals surface area contributed by atoms with Crippen LogP contribution in [0.25, 0.3) is 0 Å². The molecule has 3 aliphatic heterocycles. The molecule has 6 nitrogen and oxygen atoms in total. The third-order valence-electron chi connectivity index (χ3n) is 5.29. The van der Waals surface area contributed by atoms with Crippen molar-refractivity contribution in [3.8, 4) is 0 Å². The van der Waals surface area contributed by atoms with Crippen LogP contribution in [0.3, 0.4) is 0 Å². The second-order valence-electron chi connectivity index (χ2n) is 6.98. The van der Waals surface area contributed by atoms with Crippen molar-refractivity contribution in [2.24, 2.45) is 5.92 Å². The molecule has 3 saturated heterocycles. The second-order valence-corrected chi connectivity index (χ2v) is 8.04. The maximum Gasteiger partial charge on any atom is 0.251 e. The summed E-state index contributed by atoms with van der Waals surface area (Å²) in [7, 11) is 0. The molecule has 3 fully saturated rings. The van der Waals surface area contributed by atoms with Crippen molar-refractivity contribution >= 4 is 17.2 Å². The van der Waals surface area contributed by atoms with Crippen molar-refractivity contribution in [3.63, 3.8) is 0 Å². The molecule has 0 bridgehead atoms. The highest BCUT2D eigenvalue weighted by atomic mass is 32.1. The fourth-order valence-corrected chi connectivity index (χ4v) is 4.60. The number of morpholine rings is 1. The first kappa shape index (κ1) is 16.4. The van der Waals surface area contributed by atoms with E-state index < -0.39 is 0 Å². The van der Waals surface area contributed by atoms with Gasteiger partial charge in [0.2, 0.25) is 0 Å². The van der Waals surface area contributed by atoms with E-state index in [-0.39, 0.29) is 18.1 Å². The summed E-state index contributed by atoms with van der Waals surface area (Å²) in [6.07, 6.45) is 1.93. The van der Waals surface area contributed by atoms with Crippen LogP contribution in [0.15, 0.2) is 5.38 Å². The smallest absolute Gasteiger partial charge is 0.251 e. The van der Waals surface area contributed by atoms with Gasteiger partial charge in [0.05, 0.1) is 30.0 Å². The molecule has 7 heteroatoms. The van der Waals surface area contributed by atoms with Gasteiger partial charge in [0.25, 0.3) is 5.91 Å². The average Bonchev–Trinajstić information content (AvgIpc) is 3.20. The molecule has 3 atom stereocenters. The lowest BCUT2D eigenvalue weighted by molar-refractivity contribution is -0.147. The number of ether oxygens (including phenoxy) is 2.